The van der Waals surface area contributed by atoms with Crippen LogP contribution in [0.25, 0.3) is 0 Å². The number of thiophene rings is 1. The summed E-state index contributed by atoms with van der Waals surface area (Å²) < 4.78 is 6.11. The summed E-state index contributed by atoms with van der Waals surface area (Å²) in [6, 6.07) is 11.0. The van der Waals surface area contributed by atoms with Crippen molar-refractivity contribution in [2.24, 2.45) is 0 Å². The van der Waals surface area contributed by atoms with Gasteiger partial charge in [0, 0.05) is 51.1 Å². The maximum absolute atomic E-state index is 13.3. The Balaban J connectivity index is 1.64. The van der Waals surface area contributed by atoms with Crippen molar-refractivity contribution in [2.45, 2.75) is 19.1 Å². The highest BCUT2D eigenvalue weighted by Crippen LogP contribution is 2.34. The molecule has 0 radical (unpaired) electrons. The van der Waals surface area contributed by atoms with Gasteiger partial charge in [-0.05, 0) is 37.6 Å². The van der Waals surface area contributed by atoms with E-state index in [2.05, 4.69) is 15.3 Å². The lowest BCUT2D eigenvalue weighted by molar-refractivity contribution is -0.147. The molecule has 1 aliphatic heterocycles. The van der Waals surface area contributed by atoms with Gasteiger partial charge in [-0.2, -0.15) is 0 Å². The van der Waals surface area contributed by atoms with Crippen molar-refractivity contribution in [3.63, 3.8) is 0 Å². The van der Waals surface area contributed by atoms with E-state index >= 15 is 0 Å². The molecule has 1 amide bonds. The third-order valence-electron chi connectivity index (χ3n) is 5.42. The third-order valence-corrected chi connectivity index (χ3v) is 6.42. The van der Waals surface area contributed by atoms with Gasteiger partial charge in [-0.25, -0.2) is 9.97 Å². The monoisotopic (exact) mass is 453 g/mol. The molecule has 168 valence electrons. The number of likely N-dealkylation sites (N-methyl/N-ethyl adjacent to an activating group) is 1. The number of nitrogens with zero attached hydrogens (tertiary/aromatic N) is 4. The summed E-state index contributed by atoms with van der Waals surface area (Å²) in [7, 11) is 3.75. The number of aliphatic hydroxyl groups is 1. The first-order chi connectivity index (χ1) is 15.4. The highest BCUT2D eigenvalue weighted by Gasteiger charge is 2.33. The zero-order valence-corrected chi connectivity index (χ0v) is 19.2. The summed E-state index contributed by atoms with van der Waals surface area (Å²) in [6.45, 7) is 3.51. The molecule has 1 aliphatic rings. The molecule has 0 aliphatic carbocycles. The Kier molecular flexibility index (Phi) is 6.40. The molecule has 1 unspecified atom stereocenters. The summed E-state index contributed by atoms with van der Waals surface area (Å²) in [4.78, 5) is 26.4. The Labute approximate surface area is 191 Å². The predicted octanol–water partition coefficient (Wildman–Crippen LogP) is 2.78. The maximum Gasteiger partial charge on any atom is 0.263 e. The van der Waals surface area contributed by atoms with Gasteiger partial charge in [-0.15, -0.1) is 11.3 Å². The van der Waals surface area contributed by atoms with E-state index in [4.69, 9.17) is 4.74 Å². The van der Waals surface area contributed by atoms with Crippen LogP contribution in [0.5, 0.6) is 5.75 Å². The number of rotatable bonds is 7. The van der Waals surface area contributed by atoms with Crippen LogP contribution in [0.2, 0.25) is 0 Å². The number of nitrogens with one attached hydrogen (secondary N) is 1. The Morgan fingerprint density at radius 2 is 2.12 bits per heavy atom. The molecule has 3 heterocycles. The fraction of sp³-hybridized carbons (Fsp3) is 0.348. The first-order valence-electron chi connectivity index (χ1n) is 10.5. The van der Waals surface area contributed by atoms with Crippen LogP contribution in [0.4, 0.5) is 11.5 Å². The number of hydrogen-bond acceptors (Lipinski definition) is 8. The molecule has 2 aromatic heterocycles. The van der Waals surface area contributed by atoms with Crippen molar-refractivity contribution in [2.75, 3.05) is 43.5 Å². The molecular formula is C23H27N5O3S. The SMILES string of the molecule is CNCCC(O)(Oc1cccc(N2CCN(C)c3nc(C)ncc3C2=O)c1)c1cccs1. The van der Waals surface area contributed by atoms with Gasteiger partial charge in [0.2, 0.25) is 5.79 Å². The van der Waals surface area contributed by atoms with Crippen molar-refractivity contribution in [1.82, 2.24) is 15.3 Å². The average Bonchev–Trinajstić information content (AvgIpc) is 3.30. The summed E-state index contributed by atoms with van der Waals surface area (Å²) in [6.07, 6.45) is 1.97. The second kappa shape index (κ2) is 9.23. The molecule has 9 heteroatoms. The van der Waals surface area contributed by atoms with Crippen molar-refractivity contribution >= 4 is 28.7 Å². The molecule has 2 N–H and O–H groups in total. The van der Waals surface area contributed by atoms with Crippen LogP contribution in [0, 0.1) is 6.92 Å². The Hall–Kier alpha value is -3.01. The van der Waals surface area contributed by atoms with Crippen molar-refractivity contribution in [3.05, 3.63) is 64.2 Å². The van der Waals surface area contributed by atoms with E-state index in [1.807, 2.05) is 55.6 Å². The Morgan fingerprint density at radius 1 is 1.28 bits per heavy atom. The standard InChI is InChI=1S/C23H27N5O3S/c1-16-25-15-19-21(26-16)27(3)11-12-28(22(19)29)17-6-4-7-18(14-17)31-23(30,9-10-24-2)20-8-5-13-32-20/h4-8,13-15,24,30H,9-12H2,1-3H3. The van der Waals surface area contributed by atoms with Gasteiger partial charge < -0.3 is 25.0 Å². The minimum absolute atomic E-state index is 0.162. The van der Waals surface area contributed by atoms with E-state index in [9.17, 15) is 9.90 Å². The molecule has 32 heavy (non-hydrogen) atoms. The summed E-state index contributed by atoms with van der Waals surface area (Å²) in [5, 5.41) is 16.3. The number of amides is 1. The van der Waals surface area contributed by atoms with Crippen LogP contribution in [0.3, 0.4) is 0 Å². The lowest BCUT2D eigenvalue weighted by Crippen LogP contribution is -2.35. The normalized spacial score (nSPS) is 15.8. The predicted molar refractivity (Wildman–Crippen MR) is 126 cm³/mol. The van der Waals surface area contributed by atoms with Gasteiger partial charge in [0.1, 0.15) is 23.0 Å². The van der Waals surface area contributed by atoms with Crippen LogP contribution in [-0.2, 0) is 5.79 Å². The third kappa shape index (κ3) is 4.45. The number of aromatic nitrogens is 2. The van der Waals surface area contributed by atoms with E-state index in [1.165, 1.54) is 11.3 Å². The lowest BCUT2D eigenvalue weighted by Gasteiger charge is -2.29. The number of ether oxygens (including phenoxy) is 1. The molecule has 0 spiro atoms. The summed E-state index contributed by atoms with van der Waals surface area (Å²) >= 11 is 1.44. The zero-order chi connectivity index (χ0) is 22.7. The minimum Gasteiger partial charge on any atom is -0.457 e. The van der Waals surface area contributed by atoms with Crippen molar-refractivity contribution in [1.29, 1.82) is 0 Å². The molecule has 0 saturated heterocycles. The largest absolute Gasteiger partial charge is 0.457 e. The van der Waals surface area contributed by atoms with Gasteiger partial charge in [0.25, 0.3) is 5.91 Å². The van der Waals surface area contributed by atoms with Crippen LogP contribution < -0.4 is 19.9 Å². The van der Waals surface area contributed by atoms with Gasteiger partial charge >= 0.3 is 0 Å². The molecular weight excluding hydrogens is 426 g/mol. The molecule has 4 rings (SSSR count). The lowest BCUT2D eigenvalue weighted by atomic mass is 10.1. The highest BCUT2D eigenvalue weighted by atomic mass is 32.1. The maximum atomic E-state index is 13.3. The quantitative estimate of drug-likeness (QED) is 0.532. The molecule has 0 bridgehead atoms. The smallest absolute Gasteiger partial charge is 0.263 e. The number of hydrogen-bond donors (Lipinski definition) is 2. The van der Waals surface area contributed by atoms with Crippen molar-refractivity contribution < 1.29 is 14.6 Å². The molecule has 1 atom stereocenters. The number of carbonyl (C=O) groups is 1. The van der Waals surface area contributed by atoms with Crippen LogP contribution >= 0.6 is 11.3 Å². The zero-order valence-electron chi connectivity index (χ0n) is 18.4. The Bertz CT molecular complexity index is 1090. The van der Waals surface area contributed by atoms with Crippen LogP contribution in [0.15, 0.2) is 48.0 Å². The second-order valence-corrected chi connectivity index (χ2v) is 8.70. The summed E-state index contributed by atoms with van der Waals surface area (Å²) in [5.74, 6) is 0.125. The topological polar surface area (TPSA) is 90.8 Å². The number of anilines is 2. The fourth-order valence-corrected chi connectivity index (χ4v) is 4.47. The number of benzene rings is 1. The minimum atomic E-state index is -1.46. The molecule has 3 aromatic rings. The number of aryl methyl sites for hydroxylation is 1. The second-order valence-electron chi connectivity index (χ2n) is 7.75. The summed E-state index contributed by atoms with van der Waals surface area (Å²) in [5.41, 5.74) is 1.16. The van der Waals surface area contributed by atoms with E-state index in [0.717, 1.165) is 4.88 Å². The van der Waals surface area contributed by atoms with Gasteiger partial charge in [0.05, 0.1) is 4.88 Å². The van der Waals surface area contributed by atoms with E-state index in [1.54, 1.807) is 23.2 Å². The Morgan fingerprint density at radius 3 is 2.88 bits per heavy atom. The number of fused-ring (bicyclic) bond motifs is 1. The van der Waals surface area contributed by atoms with E-state index in [0.29, 0.717) is 54.7 Å². The first kappa shape index (κ1) is 22.2. The molecule has 8 nitrogen and oxygen atoms in total. The van der Waals surface area contributed by atoms with Crippen LogP contribution in [-0.4, -0.2) is 54.7 Å². The van der Waals surface area contributed by atoms with Gasteiger partial charge in [0.15, 0.2) is 0 Å². The molecule has 0 fully saturated rings. The van der Waals surface area contributed by atoms with Gasteiger partial charge in [-0.3, -0.25) is 4.79 Å². The van der Waals surface area contributed by atoms with E-state index < -0.39 is 5.79 Å². The highest BCUT2D eigenvalue weighted by molar-refractivity contribution is 7.10. The fourth-order valence-electron chi connectivity index (χ4n) is 3.68. The van der Waals surface area contributed by atoms with Gasteiger partial charge in [-0.1, -0.05) is 12.1 Å². The first-order valence-corrected chi connectivity index (χ1v) is 11.4. The van der Waals surface area contributed by atoms with Crippen LogP contribution in [0.1, 0.15) is 27.5 Å². The van der Waals surface area contributed by atoms with E-state index in [-0.39, 0.29) is 5.91 Å². The molecule has 0 saturated carbocycles. The number of carbonyl (C=O) groups excluding carboxylic acids is 1. The average molecular weight is 454 g/mol. The van der Waals surface area contributed by atoms with Crippen molar-refractivity contribution in [3.8, 4) is 5.75 Å². The molecule has 1 aromatic carbocycles.